The van der Waals surface area contributed by atoms with E-state index in [0.717, 1.165) is 37.1 Å². The van der Waals surface area contributed by atoms with E-state index in [2.05, 4.69) is 48.2 Å². The molecule has 9 heteroatoms. The molecule has 2 rings (SSSR count). The number of nitrogens with zero attached hydrogens (tertiary/aromatic N) is 1. The largest absolute Gasteiger partial charge is 0.416 e. The van der Waals surface area contributed by atoms with Crippen molar-refractivity contribution in [2.75, 3.05) is 5.32 Å². The van der Waals surface area contributed by atoms with E-state index >= 15 is 0 Å². The summed E-state index contributed by atoms with van der Waals surface area (Å²) in [4.78, 5) is 17.1. The fourth-order valence-corrected chi connectivity index (χ4v) is 5.13. The highest BCUT2D eigenvalue weighted by atomic mass is 31.1. The van der Waals surface area contributed by atoms with Crippen molar-refractivity contribution in [3.05, 3.63) is 88.7 Å². The number of anilines is 1. The first-order valence-corrected chi connectivity index (χ1v) is 13.7. The molecule has 0 saturated carbocycles. The zero-order valence-corrected chi connectivity index (χ0v) is 23.3. The smallest absolute Gasteiger partial charge is 0.326 e. The number of alkyl halides is 3. The second-order valence-corrected chi connectivity index (χ2v) is 10.3. The molecule has 3 unspecified atom stereocenters. The molecule has 0 saturated heterocycles. The summed E-state index contributed by atoms with van der Waals surface area (Å²) in [7, 11) is 0.452. The van der Waals surface area contributed by atoms with Crippen molar-refractivity contribution in [1.29, 1.82) is 0 Å². The topological polar surface area (TPSA) is 53.5 Å². The maximum Gasteiger partial charge on any atom is 0.416 e. The average Bonchev–Trinajstić information content (AvgIpc) is 2.84. The molecule has 3 atom stereocenters. The molecule has 4 nitrogen and oxygen atoms in total. The maximum absolute atomic E-state index is 14.7. The van der Waals surface area contributed by atoms with Gasteiger partial charge in [0.1, 0.15) is 5.82 Å². The van der Waals surface area contributed by atoms with Crippen LogP contribution in [0.5, 0.6) is 0 Å². The molecule has 38 heavy (non-hydrogen) atoms. The summed E-state index contributed by atoms with van der Waals surface area (Å²) in [5.74, 6) is -0.923. The van der Waals surface area contributed by atoms with Gasteiger partial charge in [-0.3, -0.25) is 15.1 Å². The summed E-state index contributed by atoms with van der Waals surface area (Å²) in [5.41, 5.74) is 1.16. The Morgan fingerprint density at radius 1 is 1.24 bits per heavy atom. The molecule has 0 aromatic heterocycles. The first-order chi connectivity index (χ1) is 18.0. The molecule has 0 spiro atoms. The minimum absolute atomic E-state index is 0.0476. The van der Waals surface area contributed by atoms with Crippen LogP contribution in [0.15, 0.2) is 82.3 Å². The zero-order valence-electron chi connectivity index (χ0n) is 22.3. The number of carbonyl (C=O) groups excluding carboxylic acids is 1. The number of aliphatic imine (C=N–C) groups is 1. The van der Waals surface area contributed by atoms with Crippen LogP contribution in [-0.4, -0.2) is 24.1 Å². The molecule has 0 aliphatic carbocycles. The summed E-state index contributed by atoms with van der Waals surface area (Å²) >= 11 is 0. The molecule has 2 N–H and O–H groups in total. The van der Waals surface area contributed by atoms with Gasteiger partial charge in [0.05, 0.1) is 23.5 Å². The van der Waals surface area contributed by atoms with Gasteiger partial charge in [0.25, 0.3) is 0 Å². The summed E-state index contributed by atoms with van der Waals surface area (Å²) < 4.78 is 53.2. The Balaban J connectivity index is 2.06. The molecular formula is C29H36F4N3OP. The number of hydrogen-bond acceptors (Lipinski definition) is 3. The number of allylic oxidation sites excluding steroid dienone is 7. The number of benzene rings is 1. The van der Waals surface area contributed by atoms with Crippen LogP contribution in [0.2, 0.25) is 0 Å². The number of rotatable bonds is 11. The fourth-order valence-electron chi connectivity index (χ4n) is 3.74. The molecule has 1 aromatic rings. The Kier molecular flexibility index (Phi) is 12.3. The maximum atomic E-state index is 14.7. The van der Waals surface area contributed by atoms with Gasteiger partial charge in [-0.1, -0.05) is 65.8 Å². The Hall–Kier alpha value is -2.83. The molecule has 1 heterocycles. The Labute approximate surface area is 224 Å². The lowest BCUT2D eigenvalue weighted by atomic mass is 10.1. The van der Waals surface area contributed by atoms with Crippen LogP contribution in [-0.2, 0) is 4.79 Å². The average molecular weight is 550 g/mol. The van der Waals surface area contributed by atoms with Gasteiger partial charge in [0.15, 0.2) is 0 Å². The first-order valence-electron chi connectivity index (χ1n) is 12.6. The molecule has 1 aliphatic heterocycles. The quantitative estimate of drug-likeness (QED) is 0.165. The minimum atomic E-state index is -4.48. The summed E-state index contributed by atoms with van der Waals surface area (Å²) in [5, 5.41) is 7.30. The predicted molar refractivity (Wildman–Crippen MR) is 151 cm³/mol. The Morgan fingerprint density at radius 2 is 1.97 bits per heavy atom. The standard InChI is InChI=1S/C29H36F4N3OP/c1-6-9-11-26-25(10-7-2)34-18-28(38-26)35-20(5)23-17-22(14-15-24(23)30)36-27(37)16-19(4)12-13-21(8-3)29(31,32)33/h8,10-15,17-18,20,28,35,38H,4,6-7,9,16H2,1-3,5H3,(H,36,37)/b13-12-,21-8+,25-10+,26-11-. The van der Waals surface area contributed by atoms with E-state index in [1.165, 1.54) is 30.4 Å². The third-order valence-electron chi connectivity index (χ3n) is 5.68. The van der Waals surface area contributed by atoms with Crippen LogP contribution in [0, 0.1) is 5.82 Å². The van der Waals surface area contributed by atoms with Gasteiger partial charge in [-0.05, 0) is 55.8 Å². The lowest BCUT2D eigenvalue weighted by Gasteiger charge is -2.26. The second kappa shape index (κ2) is 14.9. The molecule has 1 aromatic carbocycles. The molecule has 0 fully saturated rings. The first kappa shape index (κ1) is 31.4. The Morgan fingerprint density at radius 3 is 2.61 bits per heavy atom. The van der Waals surface area contributed by atoms with E-state index in [-0.39, 0.29) is 23.8 Å². The van der Waals surface area contributed by atoms with Crippen LogP contribution < -0.4 is 10.6 Å². The number of amides is 1. The van der Waals surface area contributed by atoms with Gasteiger partial charge in [-0.15, -0.1) is 0 Å². The van der Waals surface area contributed by atoms with Crippen LogP contribution in [0.3, 0.4) is 0 Å². The summed E-state index contributed by atoms with van der Waals surface area (Å²) in [6, 6.07) is 3.93. The zero-order chi connectivity index (χ0) is 28.3. The molecule has 1 aliphatic rings. The third-order valence-corrected chi connectivity index (χ3v) is 7.08. The van der Waals surface area contributed by atoms with Gasteiger partial charge in [0.2, 0.25) is 5.91 Å². The van der Waals surface area contributed by atoms with Crippen molar-refractivity contribution < 1.29 is 22.4 Å². The number of unbranched alkanes of at least 4 members (excludes halogenated alkanes) is 1. The van der Waals surface area contributed by atoms with Gasteiger partial charge in [-0.2, -0.15) is 13.2 Å². The Bertz CT molecular complexity index is 1150. The normalized spacial score (nSPS) is 20.0. The highest BCUT2D eigenvalue weighted by Crippen LogP contribution is 2.39. The third kappa shape index (κ3) is 9.80. The van der Waals surface area contributed by atoms with E-state index in [0.29, 0.717) is 19.8 Å². The molecule has 206 valence electrons. The van der Waals surface area contributed by atoms with Crippen LogP contribution in [0.25, 0.3) is 0 Å². The number of hydrogen-bond donors (Lipinski definition) is 2. The SMILES string of the molecule is C=C(/C=C\C(=C/C)C(F)(F)F)CC(=O)Nc1ccc(F)c(C(C)NC2C=NC(=C/CC)/C(=C/CCC)P2)c1. The van der Waals surface area contributed by atoms with E-state index in [4.69, 9.17) is 0 Å². The van der Waals surface area contributed by atoms with Gasteiger partial charge in [-0.25, -0.2) is 4.39 Å². The minimum Gasteiger partial charge on any atom is -0.326 e. The molecular weight excluding hydrogens is 513 g/mol. The van der Waals surface area contributed by atoms with Gasteiger partial charge in [0, 0.05) is 23.5 Å². The van der Waals surface area contributed by atoms with Crippen molar-refractivity contribution in [2.24, 2.45) is 4.99 Å². The van der Waals surface area contributed by atoms with Crippen molar-refractivity contribution >= 4 is 26.4 Å². The molecule has 0 bridgehead atoms. The number of halogens is 4. The summed E-state index contributed by atoms with van der Waals surface area (Å²) in [6.07, 6.45) is 7.42. The highest BCUT2D eigenvalue weighted by molar-refractivity contribution is 7.45. The van der Waals surface area contributed by atoms with Crippen molar-refractivity contribution in [3.8, 4) is 0 Å². The summed E-state index contributed by atoms with van der Waals surface area (Å²) in [6.45, 7) is 11.0. The second-order valence-electron chi connectivity index (χ2n) is 8.89. The number of carbonyl (C=O) groups is 1. The van der Waals surface area contributed by atoms with Crippen LogP contribution >= 0.6 is 8.58 Å². The van der Waals surface area contributed by atoms with Crippen molar-refractivity contribution in [1.82, 2.24) is 5.32 Å². The van der Waals surface area contributed by atoms with E-state index in [1.54, 1.807) is 6.07 Å². The molecule has 0 radical (unpaired) electrons. The van der Waals surface area contributed by atoms with Crippen LogP contribution in [0.1, 0.15) is 65.0 Å². The highest BCUT2D eigenvalue weighted by Gasteiger charge is 2.30. The monoisotopic (exact) mass is 549 g/mol. The lowest BCUT2D eigenvalue weighted by molar-refractivity contribution is -0.115. The fraction of sp³-hybridized carbons (Fsp3) is 0.379. The lowest BCUT2D eigenvalue weighted by Crippen LogP contribution is -2.31. The molecule has 1 amide bonds. The van der Waals surface area contributed by atoms with E-state index in [9.17, 15) is 22.4 Å². The van der Waals surface area contributed by atoms with E-state index < -0.39 is 23.5 Å². The predicted octanol–water partition coefficient (Wildman–Crippen LogP) is 8.49. The van der Waals surface area contributed by atoms with Crippen molar-refractivity contribution in [3.63, 3.8) is 0 Å². The van der Waals surface area contributed by atoms with Gasteiger partial charge >= 0.3 is 6.18 Å². The number of nitrogens with one attached hydrogen (secondary N) is 2. The van der Waals surface area contributed by atoms with Gasteiger partial charge < -0.3 is 5.32 Å². The van der Waals surface area contributed by atoms with E-state index in [1.807, 2.05) is 13.1 Å². The van der Waals surface area contributed by atoms with Crippen molar-refractivity contribution in [2.45, 2.75) is 71.4 Å². The van der Waals surface area contributed by atoms with Crippen LogP contribution in [0.4, 0.5) is 23.2 Å².